The summed E-state index contributed by atoms with van der Waals surface area (Å²) in [6, 6.07) is 14.8. The Morgan fingerprint density at radius 1 is 1.10 bits per heavy atom. The van der Waals surface area contributed by atoms with Gasteiger partial charge in [0.1, 0.15) is 10.6 Å². The first-order valence-corrected chi connectivity index (χ1v) is 10.9. The lowest BCUT2D eigenvalue weighted by Gasteiger charge is -2.13. The maximum Gasteiger partial charge on any atom is 0.262 e. The third-order valence-corrected chi connectivity index (χ3v) is 5.89. The normalized spacial score (nSPS) is 11.0. The molecule has 156 valence electrons. The second-order valence-electron chi connectivity index (χ2n) is 6.35. The molecule has 1 heterocycles. The van der Waals surface area contributed by atoms with Crippen molar-refractivity contribution in [3.63, 3.8) is 0 Å². The Bertz CT molecular complexity index is 1150. The summed E-state index contributed by atoms with van der Waals surface area (Å²) in [6.45, 7) is 0.334. The number of sulfonamides is 1. The van der Waals surface area contributed by atoms with E-state index in [-0.39, 0.29) is 16.1 Å². The number of nitrogens with zero attached hydrogens (tertiary/aromatic N) is 1. The Morgan fingerprint density at radius 3 is 2.67 bits per heavy atom. The molecule has 30 heavy (non-hydrogen) atoms. The van der Waals surface area contributed by atoms with Crippen molar-refractivity contribution in [2.75, 3.05) is 18.4 Å². The summed E-state index contributed by atoms with van der Waals surface area (Å²) in [6.07, 6.45) is 3.38. The van der Waals surface area contributed by atoms with Crippen molar-refractivity contribution in [3.05, 3.63) is 83.1 Å². The Balaban J connectivity index is 1.74. The van der Waals surface area contributed by atoms with E-state index in [4.69, 9.17) is 16.3 Å². The summed E-state index contributed by atoms with van der Waals surface area (Å²) in [5, 5.41) is 3.37. The topological polar surface area (TPSA) is 97.4 Å². The van der Waals surface area contributed by atoms with Gasteiger partial charge in [0.05, 0.1) is 30.8 Å². The number of ether oxygens (including phenoxy) is 1. The monoisotopic (exact) mass is 445 g/mol. The van der Waals surface area contributed by atoms with Crippen LogP contribution in [0.15, 0.2) is 71.9 Å². The van der Waals surface area contributed by atoms with Gasteiger partial charge in [-0.25, -0.2) is 8.42 Å². The molecular weight excluding hydrogens is 426 g/mol. The number of benzene rings is 2. The number of carbonyl (C=O) groups excluding carboxylic acids is 1. The largest absolute Gasteiger partial charge is 0.495 e. The highest BCUT2D eigenvalue weighted by molar-refractivity contribution is 7.92. The van der Waals surface area contributed by atoms with Crippen LogP contribution in [0.1, 0.15) is 15.9 Å². The van der Waals surface area contributed by atoms with E-state index >= 15 is 0 Å². The fourth-order valence-corrected chi connectivity index (χ4v) is 4.25. The summed E-state index contributed by atoms with van der Waals surface area (Å²) in [4.78, 5) is 16.5. The van der Waals surface area contributed by atoms with E-state index in [0.717, 1.165) is 5.56 Å². The average molecular weight is 446 g/mol. The second-order valence-corrected chi connectivity index (χ2v) is 8.44. The minimum absolute atomic E-state index is 0.0481. The van der Waals surface area contributed by atoms with Gasteiger partial charge in [-0.1, -0.05) is 35.9 Å². The molecule has 9 heteroatoms. The van der Waals surface area contributed by atoms with Crippen molar-refractivity contribution in [1.29, 1.82) is 0 Å². The third kappa shape index (κ3) is 5.49. The standard InChI is InChI=1S/C21H20ClN3O4S/c1-29-18-12-17(13-23-14-18)25-30(27,28)20-8-3-2-7-19(20)21(26)24-10-9-15-5-4-6-16(22)11-15/h2-8,11-14,25H,9-10H2,1H3,(H,24,26). The number of halogens is 1. The number of hydrogen-bond acceptors (Lipinski definition) is 5. The fourth-order valence-electron chi connectivity index (χ4n) is 2.79. The summed E-state index contributed by atoms with van der Waals surface area (Å²) in [7, 11) is -2.56. The lowest BCUT2D eigenvalue weighted by Crippen LogP contribution is -2.28. The molecule has 0 radical (unpaired) electrons. The molecule has 0 bridgehead atoms. The van der Waals surface area contributed by atoms with Crippen molar-refractivity contribution in [3.8, 4) is 5.75 Å². The highest BCUT2D eigenvalue weighted by atomic mass is 35.5. The van der Waals surface area contributed by atoms with Gasteiger partial charge in [0.25, 0.3) is 15.9 Å². The van der Waals surface area contributed by atoms with Gasteiger partial charge >= 0.3 is 0 Å². The number of nitrogens with one attached hydrogen (secondary N) is 2. The molecule has 1 amide bonds. The Labute approximate surface area is 180 Å². The minimum atomic E-state index is -4.02. The zero-order valence-electron chi connectivity index (χ0n) is 16.1. The van der Waals surface area contributed by atoms with Crippen LogP contribution in [-0.2, 0) is 16.4 Å². The predicted molar refractivity (Wildman–Crippen MR) is 116 cm³/mol. The van der Waals surface area contributed by atoms with E-state index in [1.165, 1.54) is 37.7 Å². The molecule has 7 nitrogen and oxygen atoms in total. The molecule has 0 atom stereocenters. The van der Waals surface area contributed by atoms with Crippen LogP contribution < -0.4 is 14.8 Å². The lowest BCUT2D eigenvalue weighted by atomic mass is 10.1. The van der Waals surface area contributed by atoms with E-state index in [9.17, 15) is 13.2 Å². The Kier molecular flexibility index (Phi) is 6.91. The first kappa shape index (κ1) is 21.6. The van der Waals surface area contributed by atoms with Crippen LogP contribution in [0, 0.1) is 0 Å². The number of amides is 1. The van der Waals surface area contributed by atoms with Gasteiger partial charge in [0.2, 0.25) is 0 Å². The van der Waals surface area contributed by atoms with Crippen LogP contribution in [0.4, 0.5) is 5.69 Å². The molecule has 0 fully saturated rings. The van der Waals surface area contributed by atoms with E-state index < -0.39 is 15.9 Å². The van der Waals surface area contributed by atoms with Crippen LogP contribution in [-0.4, -0.2) is 33.0 Å². The number of anilines is 1. The summed E-state index contributed by atoms with van der Waals surface area (Å²) in [5.74, 6) is -0.0796. The molecule has 0 unspecified atom stereocenters. The van der Waals surface area contributed by atoms with Gasteiger partial charge in [0.15, 0.2) is 0 Å². The van der Waals surface area contributed by atoms with Gasteiger partial charge in [0, 0.05) is 17.6 Å². The molecule has 1 aromatic heterocycles. The average Bonchev–Trinajstić information content (AvgIpc) is 2.73. The SMILES string of the molecule is COc1cncc(NS(=O)(=O)c2ccccc2C(=O)NCCc2cccc(Cl)c2)c1. The molecule has 3 rings (SSSR count). The summed E-state index contributed by atoms with van der Waals surface area (Å²) >= 11 is 5.97. The maximum absolute atomic E-state index is 12.9. The van der Waals surface area contributed by atoms with E-state index in [2.05, 4.69) is 15.0 Å². The van der Waals surface area contributed by atoms with Crippen molar-refractivity contribution < 1.29 is 17.9 Å². The lowest BCUT2D eigenvalue weighted by molar-refractivity contribution is 0.0951. The Morgan fingerprint density at radius 2 is 1.90 bits per heavy atom. The molecule has 0 aliphatic heterocycles. The number of carbonyl (C=O) groups is 1. The van der Waals surface area contributed by atoms with E-state index in [1.54, 1.807) is 18.2 Å². The van der Waals surface area contributed by atoms with Crippen LogP contribution in [0.2, 0.25) is 5.02 Å². The van der Waals surface area contributed by atoms with E-state index in [0.29, 0.717) is 23.7 Å². The summed E-state index contributed by atoms with van der Waals surface area (Å²) < 4.78 is 33.3. The number of pyridine rings is 1. The second kappa shape index (κ2) is 9.60. The first-order chi connectivity index (χ1) is 14.4. The smallest absolute Gasteiger partial charge is 0.262 e. The van der Waals surface area contributed by atoms with Crippen molar-refractivity contribution >= 4 is 33.2 Å². The van der Waals surface area contributed by atoms with E-state index in [1.807, 2.05) is 18.2 Å². The molecule has 0 spiro atoms. The van der Waals surface area contributed by atoms with Crippen molar-refractivity contribution in [2.45, 2.75) is 11.3 Å². The van der Waals surface area contributed by atoms with Crippen molar-refractivity contribution in [2.24, 2.45) is 0 Å². The number of rotatable bonds is 8. The van der Waals surface area contributed by atoms with Crippen LogP contribution in [0.3, 0.4) is 0 Å². The number of aromatic nitrogens is 1. The third-order valence-electron chi connectivity index (χ3n) is 4.21. The zero-order valence-corrected chi connectivity index (χ0v) is 17.7. The molecule has 2 N–H and O–H groups in total. The summed E-state index contributed by atoms with van der Waals surface area (Å²) in [5.41, 5.74) is 1.24. The molecule has 0 saturated heterocycles. The van der Waals surface area contributed by atoms with Crippen molar-refractivity contribution in [1.82, 2.24) is 10.3 Å². The van der Waals surface area contributed by atoms with Gasteiger partial charge in [-0.15, -0.1) is 0 Å². The molecule has 0 aliphatic carbocycles. The quantitative estimate of drug-likeness (QED) is 0.553. The highest BCUT2D eigenvalue weighted by Gasteiger charge is 2.22. The van der Waals surface area contributed by atoms with Crippen LogP contribution in [0.25, 0.3) is 0 Å². The molecule has 3 aromatic rings. The first-order valence-electron chi connectivity index (χ1n) is 9.02. The molecular formula is C21H20ClN3O4S. The fraction of sp³-hybridized carbons (Fsp3) is 0.143. The number of methoxy groups -OCH3 is 1. The van der Waals surface area contributed by atoms with Gasteiger partial charge in [-0.2, -0.15) is 0 Å². The number of hydrogen-bond donors (Lipinski definition) is 2. The zero-order chi connectivity index (χ0) is 21.6. The molecule has 0 aliphatic rings. The van der Waals surface area contributed by atoms with Gasteiger partial charge in [-0.3, -0.25) is 14.5 Å². The Hall–Kier alpha value is -3.10. The highest BCUT2D eigenvalue weighted by Crippen LogP contribution is 2.22. The van der Waals surface area contributed by atoms with Crippen LogP contribution in [0.5, 0.6) is 5.75 Å². The predicted octanol–water partition coefficient (Wildman–Crippen LogP) is 3.52. The molecule has 0 saturated carbocycles. The van der Waals surface area contributed by atoms with Gasteiger partial charge < -0.3 is 10.1 Å². The maximum atomic E-state index is 12.9. The van der Waals surface area contributed by atoms with Crippen LogP contribution >= 0.6 is 11.6 Å². The minimum Gasteiger partial charge on any atom is -0.495 e. The van der Waals surface area contributed by atoms with Gasteiger partial charge in [-0.05, 0) is 36.2 Å². The molecule has 2 aromatic carbocycles.